The van der Waals surface area contributed by atoms with Crippen LogP contribution in [0.2, 0.25) is 0 Å². The zero-order valence-electron chi connectivity index (χ0n) is 10.2. The van der Waals surface area contributed by atoms with Crippen LogP contribution in [0.15, 0.2) is 12.7 Å². The third-order valence-corrected chi connectivity index (χ3v) is 3.17. The molecule has 1 aliphatic rings. The lowest BCUT2D eigenvalue weighted by molar-refractivity contribution is 0.226. The summed E-state index contributed by atoms with van der Waals surface area (Å²) in [5.41, 5.74) is 0. The van der Waals surface area contributed by atoms with Crippen molar-refractivity contribution in [2.75, 3.05) is 26.2 Å². The standard InChI is InChI=1S/C13H26N2/c1-3-4-8-13(2)14-9-12-15-10-6-5-7-11-15/h3,13-14H,1,4-12H2,2H3. The van der Waals surface area contributed by atoms with Gasteiger partial charge in [0.2, 0.25) is 0 Å². The van der Waals surface area contributed by atoms with Gasteiger partial charge >= 0.3 is 0 Å². The Bertz CT molecular complexity index is 162. The molecule has 2 heteroatoms. The minimum atomic E-state index is 0.632. The lowest BCUT2D eigenvalue weighted by Crippen LogP contribution is -2.38. The molecular formula is C13H26N2. The van der Waals surface area contributed by atoms with Crippen molar-refractivity contribution in [1.29, 1.82) is 0 Å². The topological polar surface area (TPSA) is 15.3 Å². The van der Waals surface area contributed by atoms with E-state index in [2.05, 4.69) is 23.7 Å². The second kappa shape index (κ2) is 7.89. The van der Waals surface area contributed by atoms with E-state index in [1.165, 1.54) is 45.3 Å². The summed E-state index contributed by atoms with van der Waals surface area (Å²) in [6.45, 7) is 11.0. The molecule has 1 atom stereocenters. The van der Waals surface area contributed by atoms with E-state index in [0.717, 1.165) is 13.0 Å². The van der Waals surface area contributed by atoms with Crippen LogP contribution in [-0.4, -0.2) is 37.1 Å². The highest BCUT2D eigenvalue weighted by molar-refractivity contribution is 4.72. The van der Waals surface area contributed by atoms with Gasteiger partial charge < -0.3 is 10.2 Å². The van der Waals surface area contributed by atoms with Crippen LogP contribution < -0.4 is 5.32 Å². The summed E-state index contributed by atoms with van der Waals surface area (Å²) in [5.74, 6) is 0. The van der Waals surface area contributed by atoms with Crippen LogP contribution in [0.5, 0.6) is 0 Å². The summed E-state index contributed by atoms with van der Waals surface area (Å²) in [6.07, 6.45) is 8.56. The van der Waals surface area contributed by atoms with Crippen LogP contribution in [-0.2, 0) is 0 Å². The molecule has 0 radical (unpaired) electrons. The molecule has 1 fully saturated rings. The Balaban J connectivity index is 1.96. The van der Waals surface area contributed by atoms with E-state index >= 15 is 0 Å². The quantitative estimate of drug-likeness (QED) is 0.649. The van der Waals surface area contributed by atoms with Gasteiger partial charge in [0, 0.05) is 19.1 Å². The molecular weight excluding hydrogens is 184 g/mol. The van der Waals surface area contributed by atoms with E-state index in [0.29, 0.717) is 6.04 Å². The fourth-order valence-corrected chi connectivity index (χ4v) is 2.12. The Labute approximate surface area is 94.7 Å². The first kappa shape index (κ1) is 12.7. The Kier molecular flexibility index (Phi) is 6.69. The van der Waals surface area contributed by atoms with Crippen molar-refractivity contribution in [2.24, 2.45) is 0 Å². The zero-order valence-corrected chi connectivity index (χ0v) is 10.2. The summed E-state index contributed by atoms with van der Waals surface area (Å²) in [7, 11) is 0. The highest BCUT2D eigenvalue weighted by Gasteiger charge is 2.09. The molecule has 1 rings (SSSR count). The monoisotopic (exact) mass is 210 g/mol. The third kappa shape index (κ3) is 5.95. The van der Waals surface area contributed by atoms with E-state index < -0.39 is 0 Å². The number of rotatable bonds is 7. The van der Waals surface area contributed by atoms with E-state index in [9.17, 15) is 0 Å². The Hall–Kier alpha value is -0.340. The van der Waals surface area contributed by atoms with Gasteiger partial charge in [-0.2, -0.15) is 0 Å². The third-order valence-electron chi connectivity index (χ3n) is 3.17. The van der Waals surface area contributed by atoms with Crippen LogP contribution >= 0.6 is 0 Å². The summed E-state index contributed by atoms with van der Waals surface area (Å²) in [4.78, 5) is 2.58. The summed E-state index contributed by atoms with van der Waals surface area (Å²) < 4.78 is 0. The second-order valence-electron chi connectivity index (χ2n) is 4.62. The number of nitrogens with zero attached hydrogens (tertiary/aromatic N) is 1. The molecule has 0 saturated carbocycles. The number of hydrogen-bond acceptors (Lipinski definition) is 2. The average Bonchev–Trinajstić information content (AvgIpc) is 2.28. The molecule has 88 valence electrons. The molecule has 0 aromatic rings. The fourth-order valence-electron chi connectivity index (χ4n) is 2.12. The van der Waals surface area contributed by atoms with Gasteiger partial charge in [0.25, 0.3) is 0 Å². The smallest absolute Gasteiger partial charge is 0.0107 e. The molecule has 0 bridgehead atoms. The predicted molar refractivity (Wildman–Crippen MR) is 67.2 cm³/mol. The van der Waals surface area contributed by atoms with Crippen LogP contribution in [0.1, 0.15) is 39.0 Å². The lowest BCUT2D eigenvalue weighted by atomic mass is 10.1. The predicted octanol–water partition coefficient (Wildman–Crippen LogP) is 2.42. The fraction of sp³-hybridized carbons (Fsp3) is 0.846. The van der Waals surface area contributed by atoms with Crippen molar-refractivity contribution in [2.45, 2.75) is 45.1 Å². The van der Waals surface area contributed by atoms with Crippen molar-refractivity contribution < 1.29 is 0 Å². The van der Waals surface area contributed by atoms with E-state index in [-0.39, 0.29) is 0 Å². The highest BCUT2D eigenvalue weighted by Crippen LogP contribution is 2.07. The molecule has 1 aliphatic heterocycles. The number of nitrogens with one attached hydrogen (secondary N) is 1. The minimum absolute atomic E-state index is 0.632. The maximum absolute atomic E-state index is 3.75. The van der Waals surface area contributed by atoms with Gasteiger partial charge in [-0.15, -0.1) is 6.58 Å². The lowest BCUT2D eigenvalue weighted by Gasteiger charge is -2.27. The molecule has 1 unspecified atom stereocenters. The SMILES string of the molecule is C=CCCC(C)NCCN1CCCCC1. The maximum atomic E-state index is 3.75. The minimum Gasteiger partial charge on any atom is -0.313 e. The number of allylic oxidation sites excluding steroid dienone is 1. The van der Waals surface area contributed by atoms with E-state index in [1.807, 2.05) is 6.08 Å². The van der Waals surface area contributed by atoms with Crippen LogP contribution in [0, 0.1) is 0 Å². The highest BCUT2D eigenvalue weighted by atomic mass is 15.1. The first-order chi connectivity index (χ1) is 7.33. The van der Waals surface area contributed by atoms with Gasteiger partial charge in [0.1, 0.15) is 0 Å². The summed E-state index contributed by atoms with van der Waals surface area (Å²) >= 11 is 0. The first-order valence-corrected chi connectivity index (χ1v) is 6.39. The zero-order chi connectivity index (χ0) is 10.9. The van der Waals surface area contributed by atoms with Crippen molar-refractivity contribution in [3.05, 3.63) is 12.7 Å². The summed E-state index contributed by atoms with van der Waals surface area (Å²) in [6, 6.07) is 0.632. The van der Waals surface area contributed by atoms with Gasteiger partial charge in [-0.05, 0) is 45.7 Å². The van der Waals surface area contributed by atoms with Gasteiger partial charge in [-0.25, -0.2) is 0 Å². The van der Waals surface area contributed by atoms with Crippen LogP contribution in [0.25, 0.3) is 0 Å². The Morgan fingerprint density at radius 1 is 1.33 bits per heavy atom. The van der Waals surface area contributed by atoms with Gasteiger partial charge in [0.15, 0.2) is 0 Å². The molecule has 1 saturated heterocycles. The largest absolute Gasteiger partial charge is 0.313 e. The molecule has 2 nitrogen and oxygen atoms in total. The molecule has 15 heavy (non-hydrogen) atoms. The van der Waals surface area contributed by atoms with Crippen LogP contribution in [0.3, 0.4) is 0 Å². The molecule has 0 aliphatic carbocycles. The summed E-state index contributed by atoms with van der Waals surface area (Å²) in [5, 5.41) is 3.58. The first-order valence-electron chi connectivity index (χ1n) is 6.39. The molecule has 0 amide bonds. The van der Waals surface area contributed by atoms with Gasteiger partial charge in [0.05, 0.1) is 0 Å². The van der Waals surface area contributed by atoms with E-state index in [4.69, 9.17) is 0 Å². The molecule has 0 spiro atoms. The molecule has 1 N–H and O–H groups in total. The Morgan fingerprint density at radius 2 is 2.07 bits per heavy atom. The molecule has 1 heterocycles. The van der Waals surface area contributed by atoms with Crippen molar-refractivity contribution in [3.8, 4) is 0 Å². The van der Waals surface area contributed by atoms with Gasteiger partial charge in [-0.1, -0.05) is 12.5 Å². The van der Waals surface area contributed by atoms with Crippen molar-refractivity contribution in [1.82, 2.24) is 10.2 Å². The van der Waals surface area contributed by atoms with E-state index in [1.54, 1.807) is 0 Å². The van der Waals surface area contributed by atoms with Crippen molar-refractivity contribution in [3.63, 3.8) is 0 Å². The maximum Gasteiger partial charge on any atom is 0.0107 e. The molecule has 0 aromatic carbocycles. The van der Waals surface area contributed by atoms with Gasteiger partial charge in [-0.3, -0.25) is 0 Å². The number of hydrogen-bond donors (Lipinski definition) is 1. The molecule has 0 aromatic heterocycles. The second-order valence-corrected chi connectivity index (χ2v) is 4.62. The average molecular weight is 210 g/mol. The van der Waals surface area contributed by atoms with Crippen molar-refractivity contribution >= 4 is 0 Å². The normalized spacial score (nSPS) is 20.1. The number of piperidine rings is 1. The van der Waals surface area contributed by atoms with Crippen LogP contribution in [0.4, 0.5) is 0 Å². The number of likely N-dealkylation sites (tertiary alicyclic amines) is 1. The Morgan fingerprint density at radius 3 is 2.73 bits per heavy atom.